The summed E-state index contributed by atoms with van der Waals surface area (Å²) in [5, 5.41) is 9.92. The summed E-state index contributed by atoms with van der Waals surface area (Å²) >= 11 is 0. The molecule has 11 aromatic rings. The number of aromatic nitrogens is 2. The monoisotopic (exact) mass is 598 g/mol. The molecule has 0 atom stereocenters. The van der Waals surface area contributed by atoms with E-state index >= 15 is 0 Å². The Morgan fingerprint density at radius 1 is 0.383 bits per heavy atom. The molecule has 0 unspecified atom stereocenters. The van der Waals surface area contributed by atoms with Crippen molar-refractivity contribution in [2.24, 2.45) is 0 Å². The van der Waals surface area contributed by atoms with Crippen LogP contribution in [0.3, 0.4) is 0 Å². The number of hydrogen-bond donors (Lipinski definition) is 0. The van der Waals surface area contributed by atoms with Gasteiger partial charge in [-0.3, -0.25) is 0 Å². The molecule has 11 rings (SSSR count). The standard InChI is InChI=1S/C44H26N2O/c1-4-15-37-33(10-1)34-11-2-5-16-38(34)45(37)30-21-23-31(24-22-30)46-39-17-7-9-27-19-20-28-25-29(26-40(46)43(28)42(27)39)32-13-8-14-36-35-12-3-6-18-41(35)47-44(32)36/h1-26H. The minimum atomic E-state index is 0.916. The Hall–Kier alpha value is -6.32. The molecule has 0 saturated carbocycles. The highest BCUT2D eigenvalue weighted by Gasteiger charge is 2.20. The summed E-state index contributed by atoms with van der Waals surface area (Å²) in [5.41, 5.74) is 11.2. The van der Waals surface area contributed by atoms with E-state index in [1.807, 2.05) is 6.07 Å². The van der Waals surface area contributed by atoms with E-state index in [1.165, 1.54) is 54.4 Å². The van der Waals surface area contributed by atoms with Crippen LogP contribution in [-0.2, 0) is 0 Å². The van der Waals surface area contributed by atoms with Crippen LogP contribution in [0.2, 0.25) is 0 Å². The average Bonchev–Trinajstić information content (AvgIpc) is 3.79. The van der Waals surface area contributed by atoms with Gasteiger partial charge in [-0.25, -0.2) is 0 Å². The molecule has 0 saturated heterocycles. The molecule has 218 valence electrons. The molecular weight excluding hydrogens is 572 g/mol. The molecule has 0 aliphatic heterocycles. The van der Waals surface area contributed by atoms with Crippen molar-refractivity contribution in [3.63, 3.8) is 0 Å². The van der Waals surface area contributed by atoms with E-state index in [4.69, 9.17) is 4.42 Å². The Bertz CT molecular complexity index is 2950. The highest BCUT2D eigenvalue weighted by atomic mass is 16.3. The van der Waals surface area contributed by atoms with Gasteiger partial charge in [0.2, 0.25) is 0 Å². The molecule has 8 aromatic carbocycles. The third kappa shape index (κ3) is 3.35. The van der Waals surface area contributed by atoms with E-state index in [0.717, 1.165) is 44.4 Å². The molecular formula is C44H26N2O. The van der Waals surface area contributed by atoms with Crippen molar-refractivity contribution in [1.29, 1.82) is 0 Å². The maximum Gasteiger partial charge on any atom is 0.143 e. The number of nitrogens with zero attached hydrogens (tertiary/aromatic N) is 2. The second-order valence-electron chi connectivity index (χ2n) is 12.5. The van der Waals surface area contributed by atoms with Gasteiger partial charge in [0.15, 0.2) is 0 Å². The first-order valence-electron chi connectivity index (χ1n) is 16.1. The molecule has 0 amide bonds. The van der Waals surface area contributed by atoms with Gasteiger partial charge in [0, 0.05) is 49.3 Å². The summed E-state index contributed by atoms with van der Waals surface area (Å²) in [5.74, 6) is 0. The van der Waals surface area contributed by atoms with Crippen LogP contribution in [0.4, 0.5) is 0 Å². The van der Waals surface area contributed by atoms with E-state index < -0.39 is 0 Å². The minimum absolute atomic E-state index is 0.916. The second-order valence-corrected chi connectivity index (χ2v) is 12.5. The maximum atomic E-state index is 6.49. The van der Waals surface area contributed by atoms with Crippen LogP contribution in [0.25, 0.3) is 98.8 Å². The zero-order chi connectivity index (χ0) is 30.6. The predicted octanol–water partition coefficient (Wildman–Crippen LogP) is 12.0. The van der Waals surface area contributed by atoms with Crippen molar-refractivity contribution in [1.82, 2.24) is 9.13 Å². The van der Waals surface area contributed by atoms with Crippen LogP contribution >= 0.6 is 0 Å². The molecule has 47 heavy (non-hydrogen) atoms. The highest BCUT2D eigenvalue weighted by Crippen LogP contribution is 2.43. The third-order valence-electron chi connectivity index (χ3n) is 10.1. The van der Waals surface area contributed by atoms with E-state index in [0.29, 0.717) is 0 Å². The van der Waals surface area contributed by atoms with Gasteiger partial charge in [-0.1, -0.05) is 97.1 Å². The number of hydrogen-bond acceptors (Lipinski definition) is 1. The van der Waals surface area contributed by atoms with E-state index in [2.05, 4.69) is 161 Å². The highest BCUT2D eigenvalue weighted by molar-refractivity contribution is 6.25. The van der Waals surface area contributed by atoms with Gasteiger partial charge in [-0.15, -0.1) is 0 Å². The molecule has 0 fully saturated rings. The fourth-order valence-corrected chi connectivity index (χ4v) is 8.05. The zero-order valence-electron chi connectivity index (χ0n) is 25.3. The van der Waals surface area contributed by atoms with Crippen molar-refractivity contribution in [3.8, 4) is 22.5 Å². The molecule has 3 heterocycles. The van der Waals surface area contributed by atoms with Crippen LogP contribution in [0.5, 0.6) is 0 Å². The SMILES string of the molecule is c1ccc2c(c1)oc1c(-c3cc4ccc5cccc6c5c4c(c3)n6-c3ccc(-n4c5ccccc5c5ccccc54)cc3)cccc12. The molecule has 3 nitrogen and oxygen atoms in total. The Labute approximate surface area is 269 Å². The van der Waals surface area contributed by atoms with Gasteiger partial charge in [-0.2, -0.15) is 0 Å². The molecule has 0 bridgehead atoms. The first-order valence-corrected chi connectivity index (χ1v) is 16.1. The van der Waals surface area contributed by atoms with E-state index in [9.17, 15) is 0 Å². The summed E-state index contributed by atoms with van der Waals surface area (Å²) in [6, 6.07) is 57.0. The van der Waals surface area contributed by atoms with Crippen molar-refractivity contribution in [3.05, 3.63) is 158 Å². The summed E-state index contributed by atoms with van der Waals surface area (Å²) < 4.78 is 11.3. The predicted molar refractivity (Wildman–Crippen MR) is 197 cm³/mol. The van der Waals surface area contributed by atoms with Crippen LogP contribution in [0.15, 0.2) is 162 Å². The van der Waals surface area contributed by atoms with Gasteiger partial charge in [0.1, 0.15) is 11.2 Å². The lowest BCUT2D eigenvalue weighted by molar-refractivity contribution is 0.670. The van der Waals surface area contributed by atoms with E-state index in [-0.39, 0.29) is 0 Å². The lowest BCUT2D eigenvalue weighted by Gasteiger charge is -2.12. The van der Waals surface area contributed by atoms with Crippen molar-refractivity contribution in [2.45, 2.75) is 0 Å². The largest absolute Gasteiger partial charge is 0.455 e. The van der Waals surface area contributed by atoms with Gasteiger partial charge in [0.05, 0.1) is 22.1 Å². The second kappa shape index (κ2) is 9.12. The lowest BCUT2D eigenvalue weighted by Crippen LogP contribution is -1.97. The Morgan fingerprint density at radius 2 is 0.957 bits per heavy atom. The average molecular weight is 599 g/mol. The lowest BCUT2D eigenvalue weighted by atomic mass is 9.96. The fraction of sp³-hybridized carbons (Fsp3) is 0. The Morgan fingerprint density at radius 3 is 1.72 bits per heavy atom. The van der Waals surface area contributed by atoms with Crippen LogP contribution in [-0.4, -0.2) is 9.13 Å². The quantitative estimate of drug-likeness (QED) is 0.186. The minimum Gasteiger partial charge on any atom is -0.455 e. The summed E-state index contributed by atoms with van der Waals surface area (Å²) in [6.45, 7) is 0. The van der Waals surface area contributed by atoms with Gasteiger partial charge >= 0.3 is 0 Å². The van der Waals surface area contributed by atoms with E-state index in [1.54, 1.807) is 0 Å². The molecule has 0 aliphatic carbocycles. The number of benzene rings is 8. The van der Waals surface area contributed by atoms with Crippen LogP contribution in [0.1, 0.15) is 0 Å². The molecule has 0 radical (unpaired) electrons. The first-order chi connectivity index (χ1) is 23.3. The third-order valence-corrected chi connectivity index (χ3v) is 10.1. The van der Waals surface area contributed by atoms with Gasteiger partial charge < -0.3 is 13.6 Å². The normalized spacial score (nSPS) is 12.3. The molecule has 0 spiro atoms. The van der Waals surface area contributed by atoms with Crippen molar-refractivity contribution >= 4 is 76.3 Å². The summed E-state index contributed by atoms with van der Waals surface area (Å²) in [4.78, 5) is 0. The molecule has 0 aliphatic rings. The molecule has 0 N–H and O–H groups in total. The fourth-order valence-electron chi connectivity index (χ4n) is 8.05. The smallest absolute Gasteiger partial charge is 0.143 e. The van der Waals surface area contributed by atoms with Crippen molar-refractivity contribution < 1.29 is 4.42 Å². The number of rotatable bonds is 3. The molecule has 3 heteroatoms. The number of furan rings is 1. The summed E-state index contributed by atoms with van der Waals surface area (Å²) in [6.07, 6.45) is 0. The number of para-hydroxylation sites is 4. The molecule has 3 aromatic heterocycles. The summed E-state index contributed by atoms with van der Waals surface area (Å²) in [7, 11) is 0. The Kier molecular flexibility index (Phi) is 4.84. The maximum absolute atomic E-state index is 6.49. The van der Waals surface area contributed by atoms with Crippen LogP contribution in [0, 0.1) is 0 Å². The first kappa shape index (κ1) is 24.9. The van der Waals surface area contributed by atoms with Gasteiger partial charge in [0.25, 0.3) is 0 Å². The van der Waals surface area contributed by atoms with Crippen molar-refractivity contribution in [2.75, 3.05) is 0 Å². The zero-order valence-corrected chi connectivity index (χ0v) is 25.3. The van der Waals surface area contributed by atoms with Gasteiger partial charge in [-0.05, 0) is 77.0 Å². The van der Waals surface area contributed by atoms with Crippen LogP contribution < -0.4 is 0 Å². The number of fused-ring (bicyclic) bond motifs is 6. The topological polar surface area (TPSA) is 23.0 Å². The Balaban J connectivity index is 1.16.